The van der Waals surface area contributed by atoms with Gasteiger partial charge in [0.05, 0.1) is 27.8 Å². The summed E-state index contributed by atoms with van der Waals surface area (Å²) in [7, 11) is 0. The fourth-order valence-corrected chi connectivity index (χ4v) is 2.30. The van der Waals surface area contributed by atoms with Crippen molar-refractivity contribution in [2.75, 3.05) is 17.2 Å². The SMILES string of the molecule is CCOC(=O)c1ccc(N/C=C(/C#N)C(=O)Nc2cc([N+](=O)[O-])ccc2Cl)cc1. The van der Waals surface area contributed by atoms with Crippen LogP contribution in [0, 0.1) is 21.4 Å². The first-order valence-corrected chi connectivity index (χ1v) is 8.62. The molecule has 0 heterocycles. The summed E-state index contributed by atoms with van der Waals surface area (Å²) in [6.07, 6.45) is 1.17. The van der Waals surface area contributed by atoms with E-state index in [9.17, 15) is 25.0 Å². The molecule has 2 rings (SSSR count). The third-order valence-corrected chi connectivity index (χ3v) is 3.88. The van der Waals surface area contributed by atoms with Crippen molar-refractivity contribution in [2.45, 2.75) is 6.92 Å². The number of hydrogen-bond donors (Lipinski definition) is 2. The van der Waals surface area contributed by atoms with Crippen LogP contribution in [0.1, 0.15) is 17.3 Å². The van der Waals surface area contributed by atoms with Gasteiger partial charge in [-0.1, -0.05) is 11.6 Å². The number of esters is 1. The maximum absolute atomic E-state index is 12.3. The molecule has 2 aromatic carbocycles. The van der Waals surface area contributed by atoms with Crippen LogP contribution in [0.15, 0.2) is 54.2 Å². The lowest BCUT2D eigenvalue weighted by atomic mass is 10.2. The molecule has 10 heteroatoms. The highest BCUT2D eigenvalue weighted by atomic mass is 35.5. The predicted molar refractivity (Wildman–Crippen MR) is 106 cm³/mol. The van der Waals surface area contributed by atoms with E-state index in [2.05, 4.69) is 10.6 Å². The Bertz CT molecular complexity index is 1010. The minimum atomic E-state index is -0.800. The smallest absolute Gasteiger partial charge is 0.338 e. The van der Waals surface area contributed by atoms with Gasteiger partial charge in [-0.3, -0.25) is 14.9 Å². The number of nitrogens with zero attached hydrogens (tertiary/aromatic N) is 2. The second-order valence-corrected chi connectivity index (χ2v) is 5.89. The first kappa shape index (κ1) is 21.4. The fourth-order valence-electron chi connectivity index (χ4n) is 2.13. The highest BCUT2D eigenvalue weighted by Gasteiger charge is 2.15. The second-order valence-electron chi connectivity index (χ2n) is 5.49. The Kier molecular flexibility index (Phi) is 7.28. The molecular formula is C19H15ClN4O5. The van der Waals surface area contributed by atoms with Crippen LogP contribution in [0.5, 0.6) is 0 Å². The maximum Gasteiger partial charge on any atom is 0.338 e. The molecule has 29 heavy (non-hydrogen) atoms. The van der Waals surface area contributed by atoms with Crippen LogP contribution in [0.25, 0.3) is 0 Å². The third-order valence-electron chi connectivity index (χ3n) is 3.55. The summed E-state index contributed by atoms with van der Waals surface area (Å²) in [5.41, 5.74) is 0.340. The summed E-state index contributed by atoms with van der Waals surface area (Å²) in [6.45, 7) is 1.96. The number of non-ortho nitro benzene ring substituents is 1. The number of rotatable bonds is 7. The molecule has 0 aliphatic heterocycles. The van der Waals surface area contributed by atoms with Gasteiger partial charge < -0.3 is 15.4 Å². The highest BCUT2D eigenvalue weighted by molar-refractivity contribution is 6.34. The van der Waals surface area contributed by atoms with Crippen molar-refractivity contribution in [1.82, 2.24) is 0 Å². The van der Waals surface area contributed by atoms with E-state index in [1.54, 1.807) is 25.1 Å². The van der Waals surface area contributed by atoms with Crippen molar-refractivity contribution in [3.8, 4) is 6.07 Å². The van der Waals surface area contributed by atoms with Crippen molar-refractivity contribution in [3.05, 3.63) is 74.9 Å². The van der Waals surface area contributed by atoms with Gasteiger partial charge in [0, 0.05) is 24.0 Å². The molecule has 0 aliphatic rings. The Morgan fingerprint density at radius 1 is 1.28 bits per heavy atom. The Balaban J connectivity index is 2.11. The number of carbonyl (C=O) groups excluding carboxylic acids is 2. The summed E-state index contributed by atoms with van der Waals surface area (Å²) in [4.78, 5) is 34.1. The molecule has 9 nitrogen and oxygen atoms in total. The summed E-state index contributed by atoms with van der Waals surface area (Å²) in [5.74, 6) is -1.26. The Labute approximate surface area is 170 Å². The zero-order valence-electron chi connectivity index (χ0n) is 15.1. The van der Waals surface area contributed by atoms with Gasteiger partial charge in [0.15, 0.2) is 0 Å². The molecule has 0 bridgehead atoms. The topological polar surface area (TPSA) is 134 Å². The molecule has 0 radical (unpaired) electrons. The third kappa shape index (κ3) is 5.79. The minimum Gasteiger partial charge on any atom is -0.462 e. The lowest BCUT2D eigenvalue weighted by Crippen LogP contribution is -2.15. The van der Waals surface area contributed by atoms with Crippen molar-refractivity contribution in [2.24, 2.45) is 0 Å². The number of ether oxygens (including phenoxy) is 1. The summed E-state index contributed by atoms with van der Waals surface area (Å²) in [5, 5.41) is 25.3. The first-order valence-electron chi connectivity index (χ1n) is 8.25. The van der Waals surface area contributed by atoms with E-state index in [0.717, 1.165) is 6.07 Å². The maximum atomic E-state index is 12.3. The molecule has 0 saturated carbocycles. The van der Waals surface area contributed by atoms with E-state index >= 15 is 0 Å². The zero-order chi connectivity index (χ0) is 21.4. The van der Waals surface area contributed by atoms with Crippen molar-refractivity contribution in [3.63, 3.8) is 0 Å². The van der Waals surface area contributed by atoms with Crippen LogP contribution in [-0.4, -0.2) is 23.4 Å². The molecule has 148 valence electrons. The average molecular weight is 415 g/mol. The standard InChI is InChI=1S/C19H15ClN4O5/c1-2-29-19(26)12-3-5-14(6-4-12)22-11-13(10-21)18(25)23-17-9-15(24(27)28)7-8-16(17)20/h3-9,11,22H,2H2,1H3,(H,23,25)/b13-11-. The molecule has 2 aromatic rings. The molecule has 0 spiro atoms. The summed E-state index contributed by atoms with van der Waals surface area (Å²) < 4.78 is 4.88. The molecular weight excluding hydrogens is 400 g/mol. The largest absolute Gasteiger partial charge is 0.462 e. The van der Waals surface area contributed by atoms with E-state index in [1.165, 1.54) is 30.5 Å². The van der Waals surface area contributed by atoms with E-state index in [4.69, 9.17) is 16.3 Å². The Hall–Kier alpha value is -3.90. The van der Waals surface area contributed by atoms with E-state index < -0.39 is 16.8 Å². The molecule has 1 amide bonds. The van der Waals surface area contributed by atoms with Crippen LogP contribution >= 0.6 is 11.6 Å². The average Bonchev–Trinajstić information content (AvgIpc) is 2.70. The van der Waals surface area contributed by atoms with E-state index in [-0.39, 0.29) is 28.6 Å². The van der Waals surface area contributed by atoms with Gasteiger partial charge >= 0.3 is 5.97 Å². The van der Waals surface area contributed by atoms with Gasteiger partial charge in [-0.25, -0.2) is 4.79 Å². The van der Waals surface area contributed by atoms with Crippen molar-refractivity contribution >= 4 is 40.5 Å². The predicted octanol–water partition coefficient (Wildman–Crippen LogP) is 3.88. The van der Waals surface area contributed by atoms with E-state index in [0.29, 0.717) is 11.3 Å². The molecule has 0 fully saturated rings. The highest BCUT2D eigenvalue weighted by Crippen LogP contribution is 2.27. The molecule has 0 unspecified atom stereocenters. The van der Waals surface area contributed by atoms with Gasteiger partial charge in [0.25, 0.3) is 11.6 Å². The second kappa shape index (κ2) is 9.87. The number of nitriles is 1. The molecule has 0 saturated heterocycles. The monoisotopic (exact) mass is 414 g/mol. The lowest BCUT2D eigenvalue weighted by Gasteiger charge is -2.07. The van der Waals surface area contributed by atoms with Gasteiger partial charge in [-0.15, -0.1) is 0 Å². The number of nitro benzene ring substituents is 1. The van der Waals surface area contributed by atoms with Gasteiger partial charge in [-0.05, 0) is 37.3 Å². The first-order chi connectivity index (χ1) is 13.8. The number of halogens is 1. The molecule has 2 N–H and O–H groups in total. The molecule has 0 aliphatic carbocycles. The van der Waals surface area contributed by atoms with Crippen LogP contribution in [-0.2, 0) is 9.53 Å². The van der Waals surface area contributed by atoms with E-state index in [1.807, 2.05) is 0 Å². The molecule has 0 atom stereocenters. The number of carbonyl (C=O) groups is 2. The number of nitro groups is 1. The van der Waals surface area contributed by atoms with Gasteiger partial charge in [-0.2, -0.15) is 5.26 Å². The number of amides is 1. The molecule has 0 aromatic heterocycles. The quantitative estimate of drug-likeness (QED) is 0.231. The van der Waals surface area contributed by atoms with Crippen LogP contribution < -0.4 is 10.6 Å². The van der Waals surface area contributed by atoms with Crippen LogP contribution in [0.3, 0.4) is 0 Å². The lowest BCUT2D eigenvalue weighted by molar-refractivity contribution is -0.384. The number of anilines is 2. The van der Waals surface area contributed by atoms with Gasteiger partial charge in [0.2, 0.25) is 0 Å². The number of hydrogen-bond acceptors (Lipinski definition) is 7. The Morgan fingerprint density at radius 3 is 2.55 bits per heavy atom. The summed E-state index contributed by atoms with van der Waals surface area (Å²) in [6, 6.07) is 11.5. The number of nitrogens with one attached hydrogen (secondary N) is 2. The van der Waals surface area contributed by atoms with Crippen molar-refractivity contribution in [1.29, 1.82) is 5.26 Å². The van der Waals surface area contributed by atoms with Crippen molar-refractivity contribution < 1.29 is 19.2 Å². The fraction of sp³-hybridized carbons (Fsp3) is 0.105. The van der Waals surface area contributed by atoms with Crippen LogP contribution in [0.4, 0.5) is 17.1 Å². The number of benzene rings is 2. The van der Waals surface area contributed by atoms with Gasteiger partial charge in [0.1, 0.15) is 11.6 Å². The zero-order valence-corrected chi connectivity index (χ0v) is 15.9. The summed E-state index contributed by atoms with van der Waals surface area (Å²) >= 11 is 5.94. The minimum absolute atomic E-state index is 0.00538. The van der Waals surface area contributed by atoms with Crippen LogP contribution in [0.2, 0.25) is 5.02 Å². The Morgan fingerprint density at radius 2 is 1.97 bits per heavy atom. The normalized spacial score (nSPS) is 10.6.